The predicted molar refractivity (Wildman–Crippen MR) is 108 cm³/mol. The van der Waals surface area contributed by atoms with Gasteiger partial charge in [-0.3, -0.25) is 4.79 Å². The molecule has 25 heavy (non-hydrogen) atoms. The minimum atomic E-state index is -2.02. The molecule has 0 radical (unpaired) electrons. The first-order valence-corrected chi connectivity index (χ1v) is 12.5. The van der Waals surface area contributed by atoms with E-state index in [9.17, 15) is 9.90 Å². The van der Waals surface area contributed by atoms with E-state index in [4.69, 9.17) is 4.43 Å². The number of hydrogen-bond acceptors (Lipinski definition) is 3. The molecular formula is C21H36O3Si. The Balaban J connectivity index is 2.98. The van der Waals surface area contributed by atoms with Gasteiger partial charge in [-0.25, -0.2) is 0 Å². The lowest BCUT2D eigenvalue weighted by Gasteiger charge is -2.35. The third-order valence-electron chi connectivity index (χ3n) is 4.87. The summed E-state index contributed by atoms with van der Waals surface area (Å²) < 4.78 is 6.55. The molecule has 1 unspecified atom stereocenters. The van der Waals surface area contributed by atoms with Crippen molar-refractivity contribution in [2.75, 3.05) is 6.61 Å². The first kappa shape index (κ1) is 22.1. The molecule has 1 N–H and O–H groups in total. The normalized spacial score (nSPS) is 13.0. The van der Waals surface area contributed by atoms with E-state index in [1.807, 2.05) is 30.3 Å². The summed E-state index contributed by atoms with van der Waals surface area (Å²) in [6.45, 7) is 6.39. The molecule has 0 spiro atoms. The molecule has 0 amide bonds. The maximum absolute atomic E-state index is 12.8. The van der Waals surface area contributed by atoms with Gasteiger partial charge in [-0.15, -0.1) is 0 Å². The van der Waals surface area contributed by atoms with Gasteiger partial charge >= 0.3 is 0 Å². The molecule has 0 aliphatic heterocycles. The molecule has 0 fully saturated rings. The molecule has 1 aromatic carbocycles. The molecule has 0 saturated heterocycles. The van der Waals surface area contributed by atoms with E-state index in [2.05, 4.69) is 20.8 Å². The Morgan fingerprint density at radius 2 is 1.44 bits per heavy atom. The standard InChI is InChI=1S/C21H36O3Si/c1-4-7-15-25(16-8-5-2,17-9-6-3)24-20(18-22)21(23)19-13-11-10-12-14-19/h10-14,20,22H,4-9,15-18H2,1-3H3. The maximum atomic E-state index is 12.8. The van der Waals surface area contributed by atoms with Gasteiger partial charge in [0.05, 0.1) is 6.61 Å². The van der Waals surface area contributed by atoms with E-state index >= 15 is 0 Å². The summed E-state index contributed by atoms with van der Waals surface area (Å²) in [7, 11) is -2.02. The number of carbonyl (C=O) groups excluding carboxylic acids is 1. The second kappa shape index (κ2) is 12.4. The van der Waals surface area contributed by atoms with Crippen molar-refractivity contribution in [2.24, 2.45) is 0 Å². The molecule has 0 saturated carbocycles. The fourth-order valence-corrected chi connectivity index (χ4v) is 8.19. The lowest BCUT2D eigenvalue weighted by Crippen LogP contribution is -2.45. The summed E-state index contributed by atoms with van der Waals surface area (Å²) in [5.74, 6) is -0.0792. The molecule has 1 aromatic rings. The minimum absolute atomic E-state index is 0.0792. The van der Waals surface area contributed by atoms with E-state index in [0.717, 1.165) is 56.7 Å². The number of Topliss-reactive ketones (excluding diaryl/α,β-unsaturated/α-hetero) is 1. The topological polar surface area (TPSA) is 46.5 Å². The Morgan fingerprint density at radius 1 is 0.960 bits per heavy atom. The maximum Gasteiger partial charge on any atom is 0.194 e. The first-order chi connectivity index (χ1) is 12.1. The van der Waals surface area contributed by atoms with Crippen molar-refractivity contribution in [3.63, 3.8) is 0 Å². The molecule has 0 aliphatic carbocycles. The van der Waals surface area contributed by atoms with Crippen LogP contribution in [0, 0.1) is 0 Å². The second-order valence-corrected chi connectivity index (χ2v) is 11.1. The van der Waals surface area contributed by atoms with E-state index in [1.54, 1.807) is 0 Å². The van der Waals surface area contributed by atoms with Gasteiger partial charge in [0.15, 0.2) is 14.1 Å². The number of aliphatic hydroxyl groups excluding tert-OH is 1. The van der Waals surface area contributed by atoms with Gasteiger partial charge in [-0.05, 0) is 18.1 Å². The third-order valence-corrected chi connectivity index (χ3v) is 9.45. The molecule has 0 aromatic heterocycles. The molecule has 0 heterocycles. The average Bonchev–Trinajstić information content (AvgIpc) is 2.67. The Kier molecular flexibility index (Phi) is 10.9. The van der Waals surface area contributed by atoms with Crippen molar-refractivity contribution in [3.05, 3.63) is 35.9 Å². The smallest absolute Gasteiger partial charge is 0.194 e. The molecule has 3 nitrogen and oxygen atoms in total. The molecule has 4 heteroatoms. The van der Waals surface area contributed by atoms with Crippen LogP contribution in [0.2, 0.25) is 18.1 Å². The van der Waals surface area contributed by atoms with Crippen LogP contribution in [0.1, 0.15) is 69.7 Å². The van der Waals surface area contributed by atoms with Crippen LogP contribution in [0.25, 0.3) is 0 Å². The molecule has 1 atom stereocenters. The molecular weight excluding hydrogens is 328 g/mol. The van der Waals surface area contributed by atoms with Crippen molar-refractivity contribution in [3.8, 4) is 0 Å². The number of benzene rings is 1. The van der Waals surface area contributed by atoms with Crippen LogP contribution in [0.4, 0.5) is 0 Å². The van der Waals surface area contributed by atoms with Crippen LogP contribution in [0.15, 0.2) is 30.3 Å². The fraction of sp³-hybridized carbons (Fsp3) is 0.667. The summed E-state index contributed by atoms with van der Waals surface area (Å²) in [5.41, 5.74) is 0.630. The van der Waals surface area contributed by atoms with Gasteiger partial charge < -0.3 is 9.53 Å². The van der Waals surface area contributed by atoms with Crippen LogP contribution in [0.5, 0.6) is 0 Å². The number of carbonyl (C=O) groups is 1. The first-order valence-electron chi connectivity index (χ1n) is 10.00. The summed E-state index contributed by atoms with van der Waals surface area (Å²) in [6, 6.07) is 12.5. The van der Waals surface area contributed by atoms with E-state index in [1.165, 1.54) is 0 Å². The number of hydrogen-bond donors (Lipinski definition) is 1. The number of ketones is 1. The number of unbranched alkanes of at least 4 members (excludes halogenated alkanes) is 3. The predicted octanol–water partition coefficient (Wildman–Crippen LogP) is 5.59. The van der Waals surface area contributed by atoms with Gasteiger partial charge in [0, 0.05) is 5.56 Å². The minimum Gasteiger partial charge on any atom is -0.404 e. The highest BCUT2D eigenvalue weighted by Gasteiger charge is 2.37. The summed E-state index contributed by atoms with van der Waals surface area (Å²) in [4.78, 5) is 12.8. The van der Waals surface area contributed by atoms with Crippen molar-refractivity contribution in [2.45, 2.75) is 83.5 Å². The van der Waals surface area contributed by atoms with Gasteiger partial charge in [-0.1, -0.05) is 89.6 Å². The highest BCUT2D eigenvalue weighted by atomic mass is 28.4. The molecule has 1 rings (SSSR count). The largest absolute Gasteiger partial charge is 0.404 e. The average molecular weight is 365 g/mol. The lowest BCUT2D eigenvalue weighted by molar-refractivity contribution is 0.0623. The zero-order valence-electron chi connectivity index (χ0n) is 16.3. The van der Waals surface area contributed by atoms with Gasteiger partial charge in [0.25, 0.3) is 0 Å². The molecule has 0 aliphatic rings. The Hall–Kier alpha value is -0.973. The van der Waals surface area contributed by atoms with E-state index in [0.29, 0.717) is 5.56 Å². The zero-order valence-corrected chi connectivity index (χ0v) is 17.3. The monoisotopic (exact) mass is 364 g/mol. The van der Waals surface area contributed by atoms with Crippen LogP contribution >= 0.6 is 0 Å². The Morgan fingerprint density at radius 3 is 1.84 bits per heavy atom. The highest BCUT2D eigenvalue weighted by molar-refractivity contribution is 6.74. The lowest BCUT2D eigenvalue weighted by atomic mass is 10.1. The quantitative estimate of drug-likeness (QED) is 0.345. The van der Waals surface area contributed by atoms with E-state index in [-0.39, 0.29) is 12.4 Å². The van der Waals surface area contributed by atoms with Crippen LogP contribution < -0.4 is 0 Å². The molecule has 142 valence electrons. The van der Waals surface area contributed by atoms with Crippen LogP contribution in [-0.2, 0) is 4.43 Å². The zero-order chi connectivity index (χ0) is 18.5. The number of aliphatic hydroxyl groups is 1. The highest BCUT2D eigenvalue weighted by Crippen LogP contribution is 2.31. The summed E-state index contributed by atoms with van der Waals surface area (Å²) in [6.07, 6.45) is 6.18. The Bertz CT molecular complexity index is 454. The van der Waals surface area contributed by atoms with Crippen molar-refractivity contribution < 1.29 is 14.3 Å². The molecule has 0 bridgehead atoms. The van der Waals surface area contributed by atoms with Gasteiger partial charge in [-0.2, -0.15) is 0 Å². The fourth-order valence-electron chi connectivity index (χ4n) is 3.31. The van der Waals surface area contributed by atoms with Gasteiger partial charge in [0.1, 0.15) is 6.10 Å². The third kappa shape index (κ3) is 7.43. The van der Waals surface area contributed by atoms with Crippen LogP contribution in [-0.4, -0.2) is 31.9 Å². The summed E-state index contributed by atoms with van der Waals surface area (Å²) >= 11 is 0. The van der Waals surface area contributed by atoms with Gasteiger partial charge in [0.2, 0.25) is 0 Å². The Labute approximate surface area is 154 Å². The van der Waals surface area contributed by atoms with E-state index < -0.39 is 14.4 Å². The second-order valence-electron chi connectivity index (χ2n) is 7.01. The summed E-state index contributed by atoms with van der Waals surface area (Å²) in [5, 5.41) is 9.87. The van der Waals surface area contributed by atoms with Crippen molar-refractivity contribution in [1.29, 1.82) is 0 Å². The van der Waals surface area contributed by atoms with Crippen LogP contribution in [0.3, 0.4) is 0 Å². The number of rotatable bonds is 14. The SMILES string of the molecule is CCCC[Si](CCCC)(CCCC)OC(CO)C(=O)c1ccccc1. The van der Waals surface area contributed by atoms with Crippen molar-refractivity contribution >= 4 is 14.1 Å². The van der Waals surface area contributed by atoms with Crippen molar-refractivity contribution in [1.82, 2.24) is 0 Å².